The fourth-order valence-electron chi connectivity index (χ4n) is 5.67. The number of benzene rings is 1. The zero-order valence-electron chi connectivity index (χ0n) is 19.0. The monoisotopic (exact) mass is 511 g/mol. The lowest BCUT2D eigenvalue weighted by Crippen LogP contribution is -2.43. The van der Waals surface area contributed by atoms with E-state index >= 15 is 0 Å². The summed E-state index contributed by atoms with van der Waals surface area (Å²) in [5.74, 6) is 1.25. The molecule has 1 aromatic heterocycles. The fourth-order valence-corrected chi connectivity index (χ4v) is 10.1. The van der Waals surface area contributed by atoms with E-state index in [0.717, 1.165) is 43.2 Å². The van der Waals surface area contributed by atoms with E-state index in [1.807, 2.05) is 6.92 Å². The van der Waals surface area contributed by atoms with Crippen molar-refractivity contribution in [1.29, 1.82) is 0 Å². The number of hydrogen-bond acceptors (Lipinski definition) is 5. The molecule has 9 heteroatoms. The number of aromatic hydroxyl groups is 1. The minimum atomic E-state index is -3.69. The third kappa shape index (κ3) is 5.73. The molecule has 5 atom stereocenters. The van der Waals surface area contributed by atoms with E-state index in [1.165, 1.54) is 17.4 Å². The van der Waals surface area contributed by atoms with Crippen LogP contribution in [0.4, 0.5) is 0 Å². The number of phenols is 1. The first kappa shape index (κ1) is 24.9. The minimum Gasteiger partial charge on any atom is -0.508 e. The molecule has 3 N–H and O–H groups in total. The Bertz CT molecular complexity index is 1160. The number of nitrogens with one attached hydrogen (secondary N) is 1. The molecule has 6 nitrogen and oxygen atoms in total. The van der Waals surface area contributed by atoms with Crippen molar-refractivity contribution in [2.75, 3.05) is 12.3 Å². The Morgan fingerprint density at radius 2 is 2.00 bits per heavy atom. The van der Waals surface area contributed by atoms with Crippen LogP contribution >= 0.6 is 18.7 Å². The highest BCUT2D eigenvalue weighted by Gasteiger charge is 2.48. The molecule has 2 bridgehead atoms. The molecule has 1 heterocycles. The Balaban J connectivity index is 1.39. The number of sulfonamides is 1. The van der Waals surface area contributed by atoms with Crippen molar-refractivity contribution in [2.45, 2.75) is 62.8 Å². The molecule has 1 aromatic carbocycles. The highest BCUT2D eigenvalue weighted by Crippen LogP contribution is 2.50. The van der Waals surface area contributed by atoms with Gasteiger partial charge in [0.1, 0.15) is 10.6 Å². The summed E-state index contributed by atoms with van der Waals surface area (Å²) < 4.78 is 42.4. The van der Waals surface area contributed by atoms with Gasteiger partial charge in [-0.15, -0.1) is 11.3 Å². The van der Waals surface area contributed by atoms with Crippen LogP contribution in [0.25, 0.3) is 10.1 Å². The van der Waals surface area contributed by atoms with E-state index in [9.17, 15) is 23.0 Å². The van der Waals surface area contributed by atoms with Crippen molar-refractivity contribution in [3.05, 3.63) is 35.7 Å². The van der Waals surface area contributed by atoms with Gasteiger partial charge in [-0.25, -0.2) is 13.1 Å². The van der Waals surface area contributed by atoms with Gasteiger partial charge in [0.2, 0.25) is 17.4 Å². The Kier molecular flexibility index (Phi) is 7.71. The first-order valence-electron chi connectivity index (χ1n) is 11.9. The van der Waals surface area contributed by atoms with Crippen LogP contribution in [0.2, 0.25) is 0 Å². The molecule has 2 aliphatic rings. The molecule has 33 heavy (non-hydrogen) atoms. The van der Waals surface area contributed by atoms with Crippen molar-refractivity contribution >= 4 is 38.8 Å². The molecule has 0 aliphatic heterocycles. The third-order valence-corrected chi connectivity index (χ3v) is 12.0. The summed E-state index contributed by atoms with van der Waals surface area (Å²) in [5, 5.41) is 12.1. The average molecular weight is 512 g/mol. The van der Waals surface area contributed by atoms with E-state index in [0.29, 0.717) is 36.0 Å². The zero-order valence-corrected chi connectivity index (χ0v) is 21.5. The Labute approximate surface area is 200 Å². The lowest BCUT2D eigenvalue weighted by Gasteiger charge is -2.31. The number of unbranched alkanes of at least 4 members (excludes halogenated alkanes) is 1. The number of phenolic OH excluding ortho intramolecular Hbond substituents is 1. The standard InChI is InChI=1S/C24H34NO5PS2/c1-2-12-31(27,28)13-6-4-3-5-7-20-17-8-9-18(14-17)24(20)25-33(29,30)23-16-32-22-11-10-19(26)15-21(22)23/h3,5,10-11,15-18,20,24-26H,2,4,6-9,12-14H2,1H3,(H,27,28)/b5-3-/t17-,18+,20?,24?/m0/s1. The van der Waals surface area contributed by atoms with Crippen LogP contribution in [0, 0.1) is 17.8 Å². The maximum absolute atomic E-state index is 13.3. The molecule has 0 amide bonds. The predicted octanol–water partition coefficient (Wildman–Crippen LogP) is 5.71. The SMILES string of the molecule is CCCP(=O)(O)CCC/C=C\CC1C(NS(=O)(=O)c2csc3ccc(O)cc23)[C@@H]2CC[C@H]1C2. The maximum Gasteiger partial charge on any atom is 0.242 e. The van der Waals surface area contributed by atoms with Crippen molar-refractivity contribution < 1.29 is 23.0 Å². The Morgan fingerprint density at radius 3 is 2.79 bits per heavy atom. The van der Waals surface area contributed by atoms with Gasteiger partial charge in [0.15, 0.2) is 0 Å². The zero-order chi connectivity index (χ0) is 23.6. The summed E-state index contributed by atoms with van der Waals surface area (Å²) in [6.45, 7) is 1.92. The van der Waals surface area contributed by atoms with E-state index in [2.05, 4.69) is 16.9 Å². The summed E-state index contributed by atoms with van der Waals surface area (Å²) in [6.07, 6.45) is 11.3. The van der Waals surface area contributed by atoms with Crippen LogP contribution in [0.1, 0.15) is 51.9 Å². The van der Waals surface area contributed by atoms with Gasteiger partial charge < -0.3 is 10.00 Å². The molecule has 0 spiro atoms. The van der Waals surface area contributed by atoms with Crippen LogP contribution in [0.3, 0.4) is 0 Å². The maximum atomic E-state index is 13.3. The molecule has 2 fully saturated rings. The Morgan fingerprint density at radius 1 is 1.21 bits per heavy atom. The van der Waals surface area contributed by atoms with E-state index in [4.69, 9.17) is 0 Å². The number of rotatable bonds is 11. The van der Waals surface area contributed by atoms with Crippen molar-refractivity contribution in [1.82, 2.24) is 4.72 Å². The second kappa shape index (κ2) is 10.2. The van der Waals surface area contributed by atoms with Gasteiger partial charge in [0.05, 0.1) is 0 Å². The molecule has 2 aliphatic carbocycles. The largest absolute Gasteiger partial charge is 0.508 e. The lowest BCUT2D eigenvalue weighted by atomic mass is 9.83. The van der Waals surface area contributed by atoms with Gasteiger partial charge in [-0.05, 0) is 80.9 Å². The van der Waals surface area contributed by atoms with Gasteiger partial charge in [-0.3, -0.25) is 4.57 Å². The second-order valence-electron chi connectivity index (χ2n) is 9.57. The topological polar surface area (TPSA) is 104 Å². The van der Waals surface area contributed by atoms with Crippen LogP contribution < -0.4 is 4.72 Å². The molecular weight excluding hydrogens is 477 g/mol. The normalized spacial score (nSPS) is 27.0. The fraction of sp³-hybridized carbons (Fsp3) is 0.583. The van der Waals surface area contributed by atoms with E-state index < -0.39 is 17.4 Å². The Hall–Kier alpha value is -1.18. The van der Waals surface area contributed by atoms with Gasteiger partial charge >= 0.3 is 0 Å². The van der Waals surface area contributed by atoms with Gasteiger partial charge in [0, 0.05) is 33.8 Å². The number of thiophene rings is 1. The summed E-state index contributed by atoms with van der Waals surface area (Å²) >= 11 is 1.37. The number of fused-ring (bicyclic) bond motifs is 3. The van der Waals surface area contributed by atoms with Gasteiger partial charge in [-0.1, -0.05) is 19.1 Å². The second-order valence-corrected chi connectivity index (χ2v) is 14.7. The molecule has 0 saturated heterocycles. The third-order valence-electron chi connectivity index (χ3n) is 7.22. The number of allylic oxidation sites excluding steroid dienone is 2. The van der Waals surface area contributed by atoms with E-state index in [1.54, 1.807) is 17.5 Å². The summed E-state index contributed by atoms with van der Waals surface area (Å²) in [5.41, 5.74) is 0. The van der Waals surface area contributed by atoms with Crippen molar-refractivity contribution in [3.8, 4) is 5.75 Å². The van der Waals surface area contributed by atoms with Crippen molar-refractivity contribution in [2.24, 2.45) is 17.8 Å². The predicted molar refractivity (Wildman–Crippen MR) is 135 cm³/mol. The summed E-state index contributed by atoms with van der Waals surface area (Å²) in [6, 6.07) is 4.77. The van der Waals surface area contributed by atoms with Crippen LogP contribution in [0.5, 0.6) is 5.75 Å². The molecule has 3 unspecified atom stereocenters. The van der Waals surface area contributed by atoms with Gasteiger partial charge in [-0.2, -0.15) is 0 Å². The average Bonchev–Trinajstić information content (AvgIpc) is 3.45. The lowest BCUT2D eigenvalue weighted by molar-refractivity contribution is 0.274. The smallest absolute Gasteiger partial charge is 0.242 e. The first-order valence-corrected chi connectivity index (χ1v) is 16.3. The summed E-state index contributed by atoms with van der Waals surface area (Å²) in [7, 11) is -6.67. The first-order chi connectivity index (χ1) is 15.7. The molecule has 2 aromatic rings. The highest BCUT2D eigenvalue weighted by molar-refractivity contribution is 7.90. The van der Waals surface area contributed by atoms with Crippen LogP contribution in [-0.2, 0) is 14.6 Å². The molecule has 2 saturated carbocycles. The van der Waals surface area contributed by atoms with E-state index in [-0.39, 0.29) is 22.6 Å². The quantitative estimate of drug-likeness (QED) is 0.204. The summed E-state index contributed by atoms with van der Waals surface area (Å²) in [4.78, 5) is 10.1. The molecule has 0 radical (unpaired) electrons. The van der Waals surface area contributed by atoms with Crippen LogP contribution in [0.15, 0.2) is 40.6 Å². The molecule has 4 rings (SSSR count). The minimum absolute atomic E-state index is 0.0625. The molecule has 182 valence electrons. The molecular formula is C24H34NO5PS2. The van der Waals surface area contributed by atoms with Crippen LogP contribution in [-0.4, -0.2) is 36.8 Å². The van der Waals surface area contributed by atoms with Gasteiger partial charge in [0.25, 0.3) is 0 Å². The van der Waals surface area contributed by atoms with Crippen molar-refractivity contribution in [3.63, 3.8) is 0 Å². The highest BCUT2D eigenvalue weighted by atomic mass is 32.2. The number of hydrogen-bond donors (Lipinski definition) is 3.